The Hall–Kier alpha value is -2.52. The zero-order valence-electron chi connectivity index (χ0n) is 17.3. The molecule has 1 amide bonds. The second-order valence-electron chi connectivity index (χ2n) is 7.82. The van der Waals surface area contributed by atoms with Crippen molar-refractivity contribution in [2.45, 2.75) is 63.8 Å². The van der Waals surface area contributed by atoms with Crippen LogP contribution < -0.4 is 0 Å². The first-order valence-electron chi connectivity index (χ1n) is 9.20. The molecule has 0 saturated carbocycles. The highest BCUT2D eigenvalue weighted by atomic mass is 16.7. The normalized spacial score (nSPS) is 24.3. The van der Waals surface area contributed by atoms with E-state index in [0.29, 0.717) is 18.8 Å². The molecule has 28 heavy (non-hydrogen) atoms. The predicted octanol–water partition coefficient (Wildman–Crippen LogP) is 1.48. The van der Waals surface area contributed by atoms with Crippen LogP contribution in [0.1, 0.15) is 46.5 Å². The van der Waals surface area contributed by atoms with E-state index >= 15 is 0 Å². The van der Waals surface area contributed by atoms with Gasteiger partial charge >= 0.3 is 23.8 Å². The van der Waals surface area contributed by atoms with Crippen LogP contribution in [0.5, 0.6) is 0 Å². The molecule has 2 heterocycles. The summed E-state index contributed by atoms with van der Waals surface area (Å²) in [4.78, 5) is 45.6. The van der Waals surface area contributed by atoms with E-state index in [-0.39, 0.29) is 6.42 Å². The van der Waals surface area contributed by atoms with Crippen LogP contribution in [0.15, 0.2) is 5.16 Å². The minimum Gasteiger partial charge on any atom is -0.469 e. The first-order valence-corrected chi connectivity index (χ1v) is 9.20. The molecule has 158 valence electrons. The summed E-state index contributed by atoms with van der Waals surface area (Å²) < 4.78 is 15.1. The number of oxime groups is 1. The van der Waals surface area contributed by atoms with E-state index in [9.17, 15) is 14.4 Å². The summed E-state index contributed by atoms with van der Waals surface area (Å²) in [6, 6.07) is -0.471. The van der Waals surface area contributed by atoms with Crippen molar-refractivity contribution in [1.29, 1.82) is 0 Å². The number of carbonyl (C=O) groups excluding carboxylic acids is 3. The monoisotopic (exact) mass is 399 g/mol. The number of rotatable bonds is 4. The summed E-state index contributed by atoms with van der Waals surface area (Å²) in [5.41, 5.74) is -2.39. The summed E-state index contributed by atoms with van der Waals surface area (Å²) in [7, 11) is 4.06. The second kappa shape index (κ2) is 8.24. The number of amides is 1. The van der Waals surface area contributed by atoms with Gasteiger partial charge in [0, 0.05) is 13.6 Å². The standard InChI is InChI=1S/C18H29N3O7/c1-17(2,3)27-16(24)20(4)12-9-7-8-10-21-14(12)19-28-18(21,15(23)26-6)11-13(22)25-5/h12H,7-11H2,1-6H3. The lowest BCUT2D eigenvalue weighted by atomic mass is 10.1. The van der Waals surface area contributed by atoms with Crippen LogP contribution in [-0.2, 0) is 28.6 Å². The van der Waals surface area contributed by atoms with Crippen molar-refractivity contribution >= 4 is 23.9 Å². The molecule has 0 aromatic carbocycles. The molecule has 10 nitrogen and oxygen atoms in total. The summed E-state index contributed by atoms with van der Waals surface area (Å²) in [5.74, 6) is -1.000. The Kier molecular flexibility index (Phi) is 6.41. The minimum absolute atomic E-state index is 0.383. The highest BCUT2D eigenvalue weighted by molar-refractivity contribution is 5.97. The smallest absolute Gasteiger partial charge is 0.410 e. The quantitative estimate of drug-likeness (QED) is 0.517. The lowest BCUT2D eigenvalue weighted by Crippen LogP contribution is -2.59. The minimum atomic E-state index is -1.74. The Balaban J connectivity index is 2.33. The van der Waals surface area contributed by atoms with Crippen LogP contribution in [0.3, 0.4) is 0 Å². The van der Waals surface area contributed by atoms with Gasteiger partial charge < -0.3 is 28.8 Å². The molecule has 0 bridgehead atoms. The highest BCUT2D eigenvalue weighted by Crippen LogP contribution is 2.35. The molecule has 2 aliphatic rings. The molecule has 0 aromatic rings. The molecule has 10 heteroatoms. The van der Waals surface area contributed by atoms with Crippen molar-refractivity contribution in [2.75, 3.05) is 27.8 Å². The average molecular weight is 399 g/mol. The number of likely N-dealkylation sites (N-methyl/N-ethyl adjacent to an activating group) is 1. The van der Waals surface area contributed by atoms with Gasteiger partial charge in [-0.25, -0.2) is 9.59 Å². The van der Waals surface area contributed by atoms with Gasteiger partial charge in [0.15, 0.2) is 5.84 Å². The third-order valence-corrected chi connectivity index (χ3v) is 4.68. The zero-order chi connectivity index (χ0) is 21.1. The number of nitrogens with zero attached hydrogens (tertiary/aromatic N) is 3. The van der Waals surface area contributed by atoms with Crippen LogP contribution >= 0.6 is 0 Å². The van der Waals surface area contributed by atoms with Crippen LogP contribution in [0.25, 0.3) is 0 Å². The Morgan fingerprint density at radius 3 is 2.50 bits per heavy atom. The van der Waals surface area contributed by atoms with Gasteiger partial charge in [0.05, 0.1) is 20.3 Å². The van der Waals surface area contributed by atoms with E-state index in [1.165, 1.54) is 19.1 Å². The molecular weight excluding hydrogens is 370 g/mol. The van der Waals surface area contributed by atoms with E-state index in [2.05, 4.69) is 5.16 Å². The van der Waals surface area contributed by atoms with Gasteiger partial charge in [-0.2, -0.15) is 0 Å². The second-order valence-corrected chi connectivity index (χ2v) is 7.82. The fourth-order valence-electron chi connectivity index (χ4n) is 3.28. The van der Waals surface area contributed by atoms with Crippen LogP contribution in [0.4, 0.5) is 4.79 Å². The summed E-state index contributed by atoms with van der Waals surface area (Å²) in [5, 5.41) is 4.09. The first kappa shape index (κ1) is 21.8. The average Bonchev–Trinajstić information content (AvgIpc) is 2.84. The lowest BCUT2D eigenvalue weighted by molar-refractivity contribution is -0.190. The molecule has 0 aromatic heterocycles. The van der Waals surface area contributed by atoms with Gasteiger partial charge in [-0.05, 0) is 40.0 Å². The predicted molar refractivity (Wildman–Crippen MR) is 98.2 cm³/mol. The maximum absolute atomic E-state index is 12.6. The lowest BCUT2D eigenvalue weighted by Gasteiger charge is -2.36. The van der Waals surface area contributed by atoms with Crippen LogP contribution in [0, 0.1) is 0 Å². The zero-order valence-corrected chi connectivity index (χ0v) is 17.3. The topological polar surface area (TPSA) is 107 Å². The molecule has 0 aliphatic carbocycles. The van der Waals surface area contributed by atoms with E-state index in [1.54, 1.807) is 32.7 Å². The number of ether oxygens (including phenoxy) is 3. The van der Waals surface area contributed by atoms with Gasteiger partial charge in [0.2, 0.25) is 0 Å². The number of esters is 2. The molecule has 1 saturated heterocycles. The summed E-state index contributed by atoms with van der Waals surface area (Å²) in [6.07, 6.45) is 1.24. The Labute approximate surface area is 164 Å². The summed E-state index contributed by atoms with van der Waals surface area (Å²) >= 11 is 0. The Bertz CT molecular complexity index is 658. The van der Waals surface area contributed by atoms with Crippen LogP contribution in [0.2, 0.25) is 0 Å². The number of hydrogen-bond donors (Lipinski definition) is 0. The fourth-order valence-corrected chi connectivity index (χ4v) is 3.28. The number of amidine groups is 1. The van der Waals surface area contributed by atoms with Crippen molar-refractivity contribution in [3.63, 3.8) is 0 Å². The van der Waals surface area contributed by atoms with Gasteiger partial charge in [-0.15, -0.1) is 0 Å². The molecule has 2 atom stereocenters. The SMILES string of the molecule is COC(=O)CC1(C(=O)OC)ON=C2C(N(C)C(=O)OC(C)(C)C)CCCCN21. The number of carbonyl (C=O) groups is 3. The molecule has 0 radical (unpaired) electrons. The molecule has 2 rings (SSSR count). The maximum Gasteiger partial charge on any atom is 0.410 e. The van der Waals surface area contributed by atoms with Gasteiger partial charge in [0.25, 0.3) is 0 Å². The van der Waals surface area contributed by atoms with E-state index in [4.69, 9.17) is 19.0 Å². The van der Waals surface area contributed by atoms with Crippen LogP contribution in [-0.4, -0.2) is 78.8 Å². The van der Waals surface area contributed by atoms with Gasteiger partial charge in [-0.1, -0.05) is 5.16 Å². The molecule has 2 aliphatic heterocycles. The molecular formula is C18H29N3O7. The Morgan fingerprint density at radius 1 is 1.25 bits per heavy atom. The number of methoxy groups -OCH3 is 2. The van der Waals surface area contributed by atoms with Gasteiger partial charge in [0.1, 0.15) is 12.0 Å². The third kappa shape index (κ3) is 4.31. The summed E-state index contributed by atoms with van der Waals surface area (Å²) in [6.45, 7) is 5.77. The maximum atomic E-state index is 12.6. The fraction of sp³-hybridized carbons (Fsp3) is 0.778. The highest BCUT2D eigenvalue weighted by Gasteiger charge is 2.57. The van der Waals surface area contributed by atoms with E-state index < -0.39 is 35.4 Å². The molecule has 1 fully saturated rings. The van der Waals surface area contributed by atoms with Crippen molar-refractivity contribution in [3.8, 4) is 0 Å². The third-order valence-electron chi connectivity index (χ3n) is 4.68. The van der Waals surface area contributed by atoms with Crippen molar-refractivity contribution < 1.29 is 33.4 Å². The number of fused-ring (bicyclic) bond motifs is 1. The van der Waals surface area contributed by atoms with Gasteiger partial charge in [-0.3, -0.25) is 4.79 Å². The molecule has 0 spiro atoms. The largest absolute Gasteiger partial charge is 0.469 e. The van der Waals surface area contributed by atoms with Crippen molar-refractivity contribution in [3.05, 3.63) is 0 Å². The Morgan fingerprint density at radius 2 is 1.93 bits per heavy atom. The first-order chi connectivity index (χ1) is 13.1. The van der Waals surface area contributed by atoms with Crippen molar-refractivity contribution in [1.82, 2.24) is 9.80 Å². The van der Waals surface area contributed by atoms with E-state index in [1.807, 2.05) is 0 Å². The van der Waals surface area contributed by atoms with Crippen molar-refractivity contribution in [2.24, 2.45) is 5.16 Å². The molecule has 0 N–H and O–H groups in total. The molecule has 2 unspecified atom stereocenters. The number of hydrogen-bond acceptors (Lipinski definition) is 9. The van der Waals surface area contributed by atoms with E-state index in [0.717, 1.165) is 12.8 Å².